The summed E-state index contributed by atoms with van der Waals surface area (Å²) in [5.74, 6) is 0.231. The number of nitrogens with one attached hydrogen (secondary N) is 1. The number of ether oxygens (including phenoxy) is 2. The van der Waals surface area contributed by atoms with Gasteiger partial charge in [0.2, 0.25) is 0 Å². The lowest BCUT2D eigenvalue weighted by molar-refractivity contribution is 0.0534. The van der Waals surface area contributed by atoms with Crippen molar-refractivity contribution >= 4 is 62.6 Å². The first-order valence-electron chi connectivity index (χ1n) is 14.7. The first-order chi connectivity index (χ1) is 22.3. The molecule has 4 aromatic heterocycles. The topological polar surface area (TPSA) is 158 Å². The number of aromatic amines is 1. The zero-order chi connectivity index (χ0) is 33.5. The van der Waals surface area contributed by atoms with E-state index in [-0.39, 0.29) is 29.5 Å². The number of rotatable bonds is 6. The highest BCUT2D eigenvalue weighted by atomic mass is 32.1. The van der Waals surface area contributed by atoms with E-state index >= 15 is 0 Å². The molecule has 0 aliphatic heterocycles. The van der Waals surface area contributed by atoms with Crippen LogP contribution in [0.4, 0.5) is 21.1 Å². The number of hydrogen-bond acceptors (Lipinski definition) is 11. The second-order valence-corrected chi connectivity index (χ2v) is 13.7. The minimum Gasteiger partial charge on any atom is -0.443 e. The van der Waals surface area contributed by atoms with Gasteiger partial charge in [-0.1, -0.05) is 12.1 Å². The van der Waals surface area contributed by atoms with Crippen LogP contribution < -0.4 is 4.90 Å². The molecule has 13 nitrogen and oxygen atoms in total. The molecule has 0 fully saturated rings. The Hall–Kier alpha value is -5.50. The standard InChI is InChI=1S/C33H32N8O5S/c1-32(2,3)45-30(43)40(22-9-10-23-21(13-22)17-35-38-23)27-11-12-34-29(37-27)20-8-7-19-14-25(26(42)16-28-39-36-18-47-28)41(24(19)15-20)31(44)46-33(4,5)6/h7-15,17-18H,16H2,1-6H3,(H,35,38). The SMILES string of the molecule is CC(C)(C)OC(=O)N(c1ccc2[nH]ncc2c1)c1ccnc(-c2ccc3cc(C(=O)Cc4nncs4)n(C(=O)OC(C)(C)C)c3c2)n1. The molecule has 1 N–H and O–H groups in total. The van der Waals surface area contributed by atoms with Gasteiger partial charge in [0.25, 0.3) is 0 Å². The summed E-state index contributed by atoms with van der Waals surface area (Å²) in [4.78, 5) is 51.2. The van der Waals surface area contributed by atoms with E-state index in [2.05, 4.69) is 25.4 Å². The second-order valence-electron chi connectivity index (χ2n) is 12.7. The van der Waals surface area contributed by atoms with Gasteiger partial charge in [0.15, 0.2) is 11.6 Å². The molecule has 1 amide bonds. The third-order valence-corrected chi connectivity index (χ3v) is 7.47. The van der Waals surface area contributed by atoms with Crippen molar-refractivity contribution in [1.29, 1.82) is 0 Å². The Morgan fingerprint density at radius 1 is 0.936 bits per heavy atom. The zero-order valence-electron chi connectivity index (χ0n) is 26.6. The van der Waals surface area contributed by atoms with Gasteiger partial charge < -0.3 is 9.47 Å². The number of amides is 1. The van der Waals surface area contributed by atoms with Crippen LogP contribution in [-0.4, -0.2) is 64.1 Å². The van der Waals surface area contributed by atoms with E-state index in [0.717, 1.165) is 10.9 Å². The lowest BCUT2D eigenvalue weighted by Crippen LogP contribution is -2.34. The molecule has 0 atom stereocenters. The predicted octanol–water partition coefficient (Wildman–Crippen LogP) is 7.11. The number of aromatic nitrogens is 7. The molecule has 47 heavy (non-hydrogen) atoms. The van der Waals surface area contributed by atoms with Gasteiger partial charge >= 0.3 is 12.2 Å². The molecule has 0 aliphatic carbocycles. The van der Waals surface area contributed by atoms with E-state index in [1.54, 1.807) is 95.8 Å². The average Bonchev–Trinajstić information content (AvgIpc) is 3.75. The molecule has 240 valence electrons. The highest BCUT2D eigenvalue weighted by Crippen LogP contribution is 2.32. The summed E-state index contributed by atoms with van der Waals surface area (Å²) in [6, 6.07) is 13.9. The highest BCUT2D eigenvalue weighted by molar-refractivity contribution is 7.09. The number of benzene rings is 2. The second kappa shape index (κ2) is 12.0. The number of ketones is 1. The minimum atomic E-state index is -0.813. The monoisotopic (exact) mass is 652 g/mol. The molecule has 0 spiro atoms. The maximum absolute atomic E-state index is 13.6. The van der Waals surface area contributed by atoms with E-state index in [1.165, 1.54) is 20.8 Å². The van der Waals surface area contributed by atoms with Crippen molar-refractivity contribution in [3.63, 3.8) is 0 Å². The molecule has 0 unspecified atom stereocenters. The van der Waals surface area contributed by atoms with Crippen molar-refractivity contribution in [2.45, 2.75) is 59.2 Å². The Morgan fingerprint density at radius 2 is 1.72 bits per heavy atom. The fraction of sp³-hybridized carbons (Fsp3) is 0.273. The molecule has 4 heterocycles. The number of Topliss-reactive ketones (excluding diaryl/α,β-unsaturated/α-hetero) is 1. The van der Waals surface area contributed by atoms with Crippen molar-refractivity contribution in [1.82, 2.24) is 34.9 Å². The molecule has 0 radical (unpaired) electrons. The van der Waals surface area contributed by atoms with Gasteiger partial charge in [0.1, 0.15) is 27.5 Å². The van der Waals surface area contributed by atoms with Crippen LogP contribution in [0, 0.1) is 0 Å². The predicted molar refractivity (Wildman–Crippen MR) is 177 cm³/mol. The molecule has 0 aliphatic rings. The third kappa shape index (κ3) is 6.87. The maximum atomic E-state index is 13.6. The fourth-order valence-corrected chi connectivity index (χ4v) is 5.40. The minimum absolute atomic E-state index is 0.0209. The van der Waals surface area contributed by atoms with Crippen LogP contribution in [-0.2, 0) is 15.9 Å². The van der Waals surface area contributed by atoms with Gasteiger partial charge in [-0.15, -0.1) is 21.5 Å². The smallest absolute Gasteiger partial charge is 0.420 e. The summed E-state index contributed by atoms with van der Waals surface area (Å²) >= 11 is 1.26. The van der Waals surface area contributed by atoms with Crippen LogP contribution in [0.25, 0.3) is 33.2 Å². The zero-order valence-corrected chi connectivity index (χ0v) is 27.5. The summed E-state index contributed by atoms with van der Waals surface area (Å²) < 4.78 is 12.7. The molecule has 6 rings (SSSR count). The normalized spacial score (nSPS) is 12.0. The molecule has 0 bridgehead atoms. The van der Waals surface area contributed by atoms with E-state index < -0.39 is 23.4 Å². The largest absolute Gasteiger partial charge is 0.443 e. The van der Waals surface area contributed by atoms with Crippen LogP contribution in [0.15, 0.2) is 66.4 Å². The van der Waals surface area contributed by atoms with Gasteiger partial charge in [-0.25, -0.2) is 29.0 Å². The number of anilines is 2. The lowest BCUT2D eigenvalue weighted by Gasteiger charge is -2.27. The molecular formula is C33H32N8O5S. The third-order valence-electron chi connectivity index (χ3n) is 6.77. The van der Waals surface area contributed by atoms with Crippen molar-refractivity contribution in [3.05, 3.63) is 77.1 Å². The Labute approximate surface area is 273 Å². The highest BCUT2D eigenvalue weighted by Gasteiger charge is 2.28. The fourth-order valence-electron chi connectivity index (χ4n) is 4.87. The van der Waals surface area contributed by atoms with Crippen molar-refractivity contribution in [2.24, 2.45) is 0 Å². The van der Waals surface area contributed by atoms with Crippen molar-refractivity contribution in [2.75, 3.05) is 4.90 Å². The number of nitrogens with zero attached hydrogens (tertiary/aromatic N) is 7. The van der Waals surface area contributed by atoms with Crippen LogP contribution in [0.2, 0.25) is 0 Å². The summed E-state index contributed by atoms with van der Waals surface area (Å²) in [7, 11) is 0. The first-order valence-corrected chi connectivity index (χ1v) is 15.6. The van der Waals surface area contributed by atoms with E-state index in [4.69, 9.17) is 14.5 Å². The van der Waals surface area contributed by atoms with Crippen LogP contribution >= 0.6 is 11.3 Å². The number of carbonyl (C=O) groups is 3. The van der Waals surface area contributed by atoms with Gasteiger partial charge in [-0.2, -0.15) is 5.10 Å². The summed E-state index contributed by atoms with van der Waals surface area (Å²) in [5, 5.41) is 16.7. The number of H-pyrrole nitrogens is 1. The van der Waals surface area contributed by atoms with Crippen LogP contribution in [0.1, 0.15) is 57.0 Å². The van der Waals surface area contributed by atoms with E-state index in [0.29, 0.717) is 27.2 Å². The number of fused-ring (bicyclic) bond motifs is 2. The summed E-state index contributed by atoms with van der Waals surface area (Å²) in [6.45, 7) is 10.6. The summed E-state index contributed by atoms with van der Waals surface area (Å²) in [5.41, 5.74) is 2.42. The van der Waals surface area contributed by atoms with E-state index in [9.17, 15) is 14.4 Å². The van der Waals surface area contributed by atoms with Crippen molar-refractivity contribution in [3.8, 4) is 11.4 Å². The molecule has 6 aromatic rings. The molecular weight excluding hydrogens is 620 g/mol. The average molecular weight is 653 g/mol. The maximum Gasteiger partial charge on any atom is 0.420 e. The quantitative estimate of drug-likeness (QED) is 0.184. The van der Waals surface area contributed by atoms with Gasteiger partial charge in [0, 0.05) is 22.5 Å². The Balaban J connectivity index is 1.44. The lowest BCUT2D eigenvalue weighted by atomic mass is 10.1. The van der Waals surface area contributed by atoms with Gasteiger partial charge in [0.05, 0.1) is 35.0 Å². The number of carbonyl (C=O) groups excluding carboxylic acids is 3. The summed E-state index contributed by atoms with van der Waals surface area (Å²) in [6.07, 6.45) is 1.86. The molecule has 14 heteroatoms. The van der Waals surface area contributed by atoms with Crippen LogP contribution in [0.5, 0.6) is 0 Å². The number of hydrogen-bond donors (Lipinski definition) is 1. The van der Waals surface area contributed by atoms with Crippen molar-refractivity contribution < 1.29 is 23.9 Å². The Kier molecular flexibility index (Phi) is 8.05. The molecule has 2 aromatic carbocycles. The Morgan fingerprint density at radius 3 is 2.45 bits per heavy atom. The van der Waals surface area contributed by atoms with Gasteiger partial charge in [-0.05, 0) is 77.9 Å². The van der Waals surface area contributed by atoms with Gasteiger partial charge in [-0.3, -0.25) is 9.89 Å². The Bertz CT molecular complexity index is 2120. The first kappa shape index (κ1) is 31.5. The van der Waals surface area contributed by atoms with E-state index in [1.807, 2.05) is 12.1 Å². The molecule has 0 saturated heterocycles. The molecule has 0 saturated carbocycles. The van der Waals surface area contributed by atoms with Crippen LogP contribution in [0.3, 0.4) is 0 Å².